The summed E-state index contributed by atoms with van der Waals surface area (Å²) in [6, 6.07) is 0. The third-order valence-electron chi connectivity index (χ3n) is 2.80. The molecule has 0 aromatic heterocycles. The molecule has 1 aliphatic rings. The van der Waals surface area contributed by atoms with E-state index in [2.05, 4.69) is 4.90 Å². The number of nitrogens with zero attached hydrogens (tertiary/aromatic N) is 1. The Kier molecular flexibility index (Phi) is 5.12. The molecule has 0 N–H and O–H groups in total. The lowest BCUT2D eigenvalue weighted by atomic mass is 9.99. The molecule has 0 saturated carbocycles. The van der Waals surface area contributed by atoms with Crippen molar-refractivity contribution in [2.24, 2.45) is 5.92 Å². The average molecular weight is 199 g/mol. The van der Waals surface area contributed by atoms with Gasteiger partial charge in [0.25, 0.3) is 0 Å². The Morgan fingerprint density at radius 2 is 2.36 bits per heavy atom. The van der Waals surface area contributed by atoms with E-state index in [0.717, 1.165) is 19.7 Å². The van der Waals surface area contributed by atoms with Gasteiger partial charge >= 0.3 is 0 Å². The molecule has 0 aromatic rings. The fraction of sp³-hybridized carbons (Fsp3) is 0.909. The van der Waals surface area contributed by atoms with Crippen molar-refractivity contribution < 1.29 is 9.53 Å². The molecule has 1 fully saturated rings. The van der Waals surface area contributed by atoms with Gasteiger partial charge in [-0.2, -0.15) is 0 Å². The van der Waals surface area contributed by atoms with Gasteiger partial charge in [-0.3, -0.25) is 9.69 Å². The first-order valence-electron chi connectivity index (χ1n) is 5.49. The van der Waals surface area contributed by atoms with Crippen LogP contribution in [0, 0.1) is 5.92 Å². The van der Waals surface area contributed by atoms with Gasteiger partial charge in [0.15, 0.2) is 0 Å². The quantitative estimate of drug-likeness (QED) is 0.669. The van der Waals surface area contributed by atoms with Crippen molar-refractivity contribution >= 4 is 5.78 Å². The van der Waals surface area contributed by atoms with Gasteiger partial charge in [0.1, 0.15) is 5.78 Å². The highest BCUT2D eigenvalue weighted by atomic mass is 16.5. The van der Waals surface area contributed by atoms with Crippen LogP contribution in [0.4, 0.5) is 0 Å². The normalized spacial score (nSPS) is 23.7. The average Bonchev–Trinajstić information content (AvgIpc) is 2.19. The molecule has 3 nitrogen and oxygen atoms in total. The Balaban J connectivity index is 2.28. The monoisotopic (exact) mass is 199 g/mol. The minimum absolute atomic E-state index is 0.350. The van der Waals surface area contributed by atoms with E-state index in [1.165, 1.54) is 12.8 Å². The van der Waals surface area contributed by atoms with Gasteiger partial charge in [-0.15, -0.1) is 0 Å². The third-order valence-corrected chi connectivity index (χ3v) is 2.80. The summed E-state index contributed by atoms with van der Waals surface area (Å²) in [4.78, 5) is 13.5. The van der Waals surface area contributed by atoms with Gasteiger partial charge in [0, 0.05) is 20.1 Å². The highest BCUT2D eigenvalue weighted by molar-refractivity contribution is 5.80. The van der Waals surface area contributed by atoms with E-state index in [9.17, 15) is 4.79 Å². The Morgan fingerprint density at radius 1 is 1.57 bits per heavy atom. The van der Waals surface area contributed by atoms with Crippen molar-refractivity contribution in [1.29, 1.82) is 0 Å². The number of hydrogen-bond donors (Lipinski definition) is 0. The van der Waals surface area contributed by atoms with Crippen LogP contribution in [-0.4, -0.2) is 44.0 Å². The number of likely N-dealkylation sites (tertiary alicyclic amines) is 1. The maximum atomic E-state index is 11.3. The van der Waals surface area contributed by atoms with Crippen LogP contribution in [0.15, 0.2) is 0 Å². The molecule has 1 rings (SSSR count). The van der Waals surface area contributed by atoms with Crippen LogP contribution in [0.1, 0.15) is 26.2 Å². The molecule has 1 unspecified atom stereocenters. The van der Waals surface area contributed by atoms with Crippen LogP contribution < -0.4 is 0 Å². The van der Waals surface area contributed by atoms with Crippen LogP contribution >= 0.6 is 0 Å². The summed E-state index contributed by atoms with van der Waals surface area (Å²) in [5.41, 5.74) is 0. The summed E-state index contributed by atoms with van der Waals surface area (Å²) in [7, 11) is 1.75. The van der Waals surface area contributed by atoms with Crippen molar-refractivity contribution in [3.63, 3.8) is 0 Å². The van der Waals surface area contributed by atoms with E-state index in [-0.39, 0.29) is 0 Å². The maximum Gasteiger partial charge on any atom is 0.146 e. The largest absolute Gasteiger partial charge is 0.384 e. The molecule has 0 spiro atoms. The lowest BCUT2D eigenvalue weighted by molar-refractivity contribution is -0.120. The highest BCUT2D eigenvalue weighted by Crippen LogP contribution is 2.16. The molecule has 0 aliphatic carbocycles. The summed E-state index contributed by atoms with van der Waals surface area (Å²) in [6.07, 6.45) is 3.10. The molecular formula is C11H21NO2. The smallest absolute Gasteiger partial charge is 0.146 e. The second-order valence-electron chi connectivity index (χ2n) is 4.09. The summed E-state index contributed by atoms with van der Waals surface area (Å²) in [5.74, 6) is 0.974. The number of carbonyl (C=O) groups is 1. The van der Waals surface area contributed by atoms with Crippen molar-refractivity contribution in [1.82, 2.24) is 4.90 Å². The first-order valence-corrected chi connectivity index (χ1v) is 5.49. The predicted octanol–water partition coefficient (Wildman–Crippen LogP) is 1.32. The van der Waals surface area contributed by atoms with Crippen LogP contribution in [0.3, 0.4) is 0 Å². The number of methoxy groups -OCH3 is 1. The first kappa shape index (κ1) is 11.7. The number of carbonyl (C=O) groups excluding carboxylic acids is 1. The Bertz CT molecular complexity index is 180. The number of hydrogen-bond acceptors (Lipinski definition) is 3. The van der Waals surface area contributed by atoms with Crippen LogP contribution in [0.2, 0.25) is 0 Å². The molecular weight excluding hydrogens is 178 g/mol. The van der Waals surface area contributed by atoms with Crippen LogP contribution in [0.5, 0.6) is 0 Å². The van der Waals surface area contributed by atoms with E-state index in [4.69, 9.17) is 4.74 Å². The number of Topliss-reactive ketones (excluding diaryl/α,β-unsaturated/α-hetero) is 1. The van der Waals surface area contributed by atoms with Crippen molar-refractivity contribution in [2.75, 3.05) is 33.4 Å². The van der Waals surface area contributed by atoms with E-state index >= 15 is 0 Å². The van der Waals surface area contributed by atoms with E-state index in [1.54, 1.807) is 7.11 Å². The van der Waals surface area contributed by atoms with Crippen LogP contribution in [0.25, 0.3) is 0 Å². The highest BCUT2D eigenvalue weighted by Gasteiger charge is 2.20. The molecule has 0 bridgehead atoms. The zero-order chi connectivity index (χ0) is 10.4. The van der Waals surface area contributed by atoms with Gasteiger partial charge in [0.05, 0.1) is 13.2 Å². The summed E-state index contributed by atoms with van der Waals surface area (Å²) < 4.78 is 5.15. The predicted molar refractivity (Wildman–Crippen MR) is 56.3 cm³/mol. The molecule has 82 valence electrons. The fourth-order valence-electron chi connectivity index (χ4n) is 2.03. The number of piperidine rings is 1. The standard InChI is InChI=1S/C11H21NO2/c1-3-11(13)8-12-6-4-5-10(7-12)9-14-2/h10H,3-9H2,1-2H3. The SMILES string of the molecule is CCC(=O)CN1CCCC(COC)C1. The summed E-state index contributed by atoms with van der Waals surface area (Å²) in [5, 5.41) is 0. The van der Waals surface area contributed by atoms with Crippen LogP contribution in [-0.2, 0) is 9.53 Å². The summed E-state index contributed by atoms with van der Waals surface area (Å²) in [6.45, 7) is 5.50. The molecule has 14 heavy (non-hydrogen) atoms. The van der Waals surface area contributed by atoms with Gasteiger partial charge in [-0.05, 0) is 25.3 Å². The molecule has 0 aromatic carbocycles. The van der Waals surface area contributed by atoms with E-state index < -0.39 is 0 Å². The van der Waals surface area contributed by atoms with Gasteiger partial charge in [-0.25, -0.2) is 0 Å². The second kappa shape index (κ2) is 6.14. The zero-order valence-corrected chi connectivity index (χ0v) is 9.29. The number of rotatable bonds is 5. The first-order chi connectivity index (χ1) is 6.76. The lowest BCUT2D eigenvalue weighted by Crippen LogP contribution is -2.39. The van der Waals surface area contributed by atoms with Gasteiger partial charge in [0.2, 0.25) is 0 Å². The zero-order valence-electron chi connectivity index (χ0n) is 9.29. The maximum absolute atomic E-state index is 11.3. The van der Waals surface area contributed by atoms with E-state index in [1.807, 2.05) is 6.92 Å². The minimum Gasteiger partial charge on any atom is -0.384 e. The second-order valence-corrected chi connectivity index (χ2v) is 4.09. The van der Waals surface area contributed by atoms with Crippen molar-refractivity contribution in [3.8, 4) is 0 Å². The Labute approximate surface area is 86.4 Å². The molecule has 1 aliphatic heterocycles. The fourth-order valence-corrected chi connectivity index (χ4v) is 2.03. The molecule has 0 amide bonds. The Hall–Kier alpha value is -0.410. The summed E-state index contributed by atoms with van der Waals surface area (Å²) >= 11 is 0. The van der Waals surface area contributed by atoms with Crippen molar-refractivity contribution in [2.45, 2.75) is 26.2 Å². The Morgan fingerprint density at radius 3 is 3.00 bits per heavy atom. The lowest BCUT2D eigenvalue weighted by Gasteiger charge is -2.31. The van der Waals surface area contributed by atoms with Gasteiger partial charge in [-0.1, -0.05) is 6.92 Å². The number of ketones is 1. The minimum atomic E-state index is 0.350. The van der Waals surface area contributed by atoms with Crippen molar-refractivity contribution in [3.05, 3.63) is 0 Å². The molecule has 0 radical (unpaired) electrons. The molecule has 1 heterocycles. The molecule has 3 heteroatoms. The third kappa shape index (κ3) is 3.76. The molecule has 1 atom stereocenters. The number of ether oxygens (including phenoxy) is 1. The molecule has 1 saturated heterocycles. The van der Waals surface area contributed by atoms with Gasteiger partial charge < -0.3 is 4.74 Å². The van der Waals surface area contributed by atoms with E-state index in [0.29, 0.717) is 24.7 Å². The topological polar surface area (TPSA) is 29.5 Å².